The summed E-state index contributed by atoms with van der Waals surface area (Å²) < 4.78 is 10.7. The molecule has 0 aliphatic heterocycles. The van der Waals surface area contributed by atoms with E-state index in [1.165, 1.54) is 52.4 Å². The van der Waals surface area contributed by atoms with Crippen molar-refractivity contribution in [2.24, 2.45) is 23.7 Å². The molecule has 164 valence electrons. The van der Waals surface area contributed by atoms with Gasteiger partial charge in [0.05, 0.1) is 0 Å². The number of rotatable bonds is 4. The third-order valence-electron chi connectivity index (χ3n) is 6.83. The van der Waals surface area contributed by atoms with Gasteiger partial charge in [0.2, 0.25) is 0 Å². The van der Waals surface area contributed by atoms with Gasteiger partial charge < -0.3 is 9.47 Å². The molecule has 0 saturated heterocycles. The highest BCUT2D eigenvalue weighted by molar-refractivity contribution is 5.66. The molecule has 0 bridgehead atoms. The summed E-state index contributed by atoms with van der Waals surface area (Å²) in [6, 6.07) is 0. The molecule has 2 fully saturated rings. The number of carbonyl (C=O) groups excluding carboxylic acids is 2. The Morgan fingerprint density at radius 3 is 1.82 bits per heavy atom. The first-order chi connectivity index (χ1) is 12.8. The lowest BCUT2D eigenvalue weighted by atomic mass is 9.75. The number of hydrogen-bond donors (Lipinski definition) is 0. The third-order valence-corrected chi connectivity index (χ3v) is 6.83. The first-order valence-corrected chi connectivity index (χ1v) is 11.2. The van der Waals surface area contributed by atoms with Crippen LogP contribution in [0.25, 0.3) is 0 Å². The first-order valence-electron chi connectivity index (χ1n) is 11.2. The van der Waals surface area contributed by atoms with Crippen molar-refractivity contribution in [3.63, 3.8) is 0 Å². The van der Waals surface area contributed by atoms with Crippen LogP contribution < -0.4 is 0 Å². The maximum absolute atomic E-state index is 10.9. The molecule has 2 aliphatic rings. The molecule has 0 heterocycles. The summed E-state index contributed by atoms with van der Waals surface area (Å²) in [5.74, 6) is 2.67. The van der Waals surface area contributed by atoms with Gasteiger partial charge in [0.15, 0.2) is 0 Å². The SMILES string of the molecule is CC(=O)OC(C)(C)C1CCC(C)CC1.CC(=O)OC1(C)CCC(C(C)C)CC1. The van der Waals surface area contributed by atoms with E-state index in [2.05, 4.69) is 27.7 Å². The van der Waals surface area contributed by atoms with Crippen molar-refractivity contribution in [3.8, 4) is 0 Å². The van der Waals surface area contributed by atoms with Crippen LogP contribution in [0.2, 0.25) is 0 Å². The van der Waals surface area contributed by atoms with Crippen molar-refractivity contribution in [1.82, 2.24) is 0 Å². The van der Waals surface area contributed by atoms with Gasteiger partial charge in [0, 0.05) is 13.8 Å². The van der Waals surface area contributed by atoms with Crippen LogP contribution in [0.5, 0.6) is 0 Å². The van der Waals surface area contributed by atoms with Gasteiger partial charge in [-0.05, 0) is 83.0 Å². The quantitative estimate of drug-likeness (QED) is 0.523. The normalized spacial score (nSPS) is 30.8. The summed E-state index contributed by atoms with van der Waals surface area (Å²) in [4.78, 5) is 21.9. The Kier molecular flexibility index (Phi) is 9.49. The van der Waals surface area contributed by atoms with Gasteiger partial charge in [0.1, 0.15) is 11.2 Å². The fraction of sp³-hybridized carbons (Fsp3) is 0.917. The minimum Gasteiger partial charge on any atom is -0.460 e. The molecule has 0 spiro atoms. The lowest BCUT2D eigenvalue weighted by molar-refractivity contribution is -0.161. The van der Waals surface area contributed by atoms with Crippen molar-refractivity contribution in [2.45, 2.75) is 118 Å². The molecule has 0 aromatic carbocycles. The Morgan fingerprint density at radius 2 is 1.43 bits per heavy atom. The molecule has 2 rings (SSSR count). The highest BCUT2D eigenvalue weighted by atomic mass is 16.6. The molecule has 4 nitrogen and oxygen atoms in total. The van der Waals surface area contributed by atoms with Crippen molar-refractivity contribution < 1.29 is 19.1 Å². The average molecular weight is 397 g/mol. The van der Waals surface area contributed by atoms with Crippen molar-refractivity contribution in [3.05, 3.63) is 0 Å². The van der Waals surface area contributed by atoms with E-state index in [4.69, 9.17) is 9.47 Å². The van der Waals surface area contributed by atoms with Crippen molar-refractivity contribution >= 4 is 11.9 Å². The molecular formula is C24H44O4. The molecule has 2 aliphatic carbocycles. The second kappa shape index (κ2) is 10.6. The molecule has 0 unspecified atom stereocenters. The van der Waals surface area contributed by atoms with E-state index in [9.17, 15) is 9.59 Å². The standard InChI is InChI=1S/2C12H22O2/c1-9-5-7-11(8-6-9)12(3,4)14-10(2)13;1-9(2)11-5-7-12(4,8-6-11)14-10(3)13/h2*9,11H,5-8H2,1-4H3. The molecule has 28 heavy (non-hydrogen) atoms. The number of hydrogen-bond acceptors (Lipinski definition) is 4. The largest absolute Gasteiger partial charge is 0.460 e. The minimum atomic E-state index is -0.272. The molecule has 0 amide bonds. The predicted molar refractivity (Wildman–Crippen MR) is 114 cm³/mol. The topological polar surface area (TPSA) is 52.6 Å². The maximum atomic E-state index is 10.9. The maximum Gasteiger partial charge on any atom is 0.303 e. The van der Waals surface area contributed by atoms with Crippen molar-refractivity contribution in [2.75, 3.05) is 0 Å². The third kappa shape index (κ3) is 8.53. The minimum absolute atomic E-state index is 0.143. The zero-order valence-corrected chi connectivity index (χ0v) is 19.6. The Balaban J connectivity index is 0.000000280. The summed E-state index contributed by atoms with van der Waals surface area (Å²) in [5.41, 5.74) is -0.455. The van der Waals surface area contributed by atoms with Crippen LogP contribution in [0.3, 0.4) is 0 Å². The van der Waals surface area contributed by atoms with Crippen molar-refractivity contribution in [1.29, 1.82) is 0 Å². The Labute approximate surface area is 173 Å². The smallest absolute Gasteiger partial charge is 0.303 e. The average Bonchev–Trinajstić information content (AvgIpc) is 2.54. The van der Waals surface area contributed by atoms with E-state index in [0.29, 0.717) is 5.92 Å². The van der Waals surface area contributed by atoms with Gasteiger partial charge in [-0.1, -0.05) is 33.6 Å². The van der Waals surface area contributed by atoms with E-state index >= 15 is 0 Å². The van der Waals surface area contributed by atoms with Crippen LogP contribution in [0.4, 0.5) is 0 Å². The van der Waals surface area contributed by atoms with Gasteiger partial charge in [-0.2, -0.15) is 0 Å². The summed E-state index contributed by atoms with van der Waals surface area (Å²) in [6.07, 6.45) is 9.38. The lowest BCUT2D eigenvalue weighted by Gasteiger charge is -2.37. The van der Waals surface area contributed by atoms with Crippen LogP contribution >= 0.6 is 0 Å². The van der Waals surface area contributed by atoms with Crippen LogP contribution in [0.15, 0.2) is 0 Å². The molecule has 0 radical (unpaired) electrons. The summed E-state index contributed by atoms with van der Waals surface area (Å²) in [7, 11) is 0. The predicted octanol–water partition coefficient (Wildman–Crippen LogP) is 6.31. The van der Waals surface area contributed by atoms with Gasteiger partial charge in [-0.3, -0.25) is 9.59 Å². The molecule has 4 heteroatoms. The zero-order chi connectivity index (χ0) is 21.5. The molecule has 0 aromatic heterocycles. The molecule has 0 atom stereocenters. The van der Waals surface area contributed by atoms with E-state index < -0.39 is 0 Å². The molecule has 0 aromatic rings. The second-order valence-corrected chi connectivity index (χ2v) is 10.3. The van der Waals surface area contributed by atoms with Crippen LogP contribution in [0, 0.1) is 23.7 Å². The van der Waals surface area contributed by atoms with E-state index in [-0.39, 0.29) is 23.1 Å². The Hall–Kier alpha value is -1.06. The van der Waals surface area contributed by atoms with Crippen LogP contribution in [-0.2, 0) is 19.1 Å². The fourth-order valence-electron chi connectivity index (χ4n) is 4.78. The first kappa shape index (κ1) is 25.0. The highest BCUT2D eigenvalue weighted by Gasteiger charge is 2.35. The number of carbonyl (C=O) groups is 2. The van der Waals surface area contributed by atoms with E-state index in [1.807, 2.05) is 13.8 Å². The van der Waals surface area contributed by atoms with Crippen LogP contribution in [-0.4, -0.2) is 23.1 Å². The highest BCUT2D eigenvalue weighted by Crippen LogP contribution is 2.38. The summed E-state index contributed by atoms with van der Waals surface area (Å²) in [6.45, 7) is 16.0. The van der Waals surface area contributed by atoms with Gasteiger partial charge in [-0.25, -0.2) is 0 Å². The summed E-state index contributed by atoms with van der Waals surface area (Å²) in [5, 5.41) is 0. The molecule has 0 N–H and O–H groups in total. The number of ether oxygens (including phenoxy) is 2. The zero-order valence-electron chi connectivity index (χ0n) is 19.6. The monoisotopic (exact) mass is 396 g/mol. The van der Waals surface area contributed by atoms with Crippen LogP contribution in [0.1, 0.15) is 107 Å². The van der Waals surface area contributed by atoms with Gasteiger partial charge in [0.25, 0.3) is 0 Å². The van der Waals surface area contributed by atoms with Gasteiger partial charge in [-0.15, -0.1) is 0 Å². The van der Waals surface area contributed by atoms with Gasteiger partial charge >= 0.3 is 11.9 Å². The Morgan fingerprint density at radius 1 is 0.929 bits per heavy atom. The van der Waals surface area contributed by atoms with E-state index in [1.54, 1.807) is 0 Å². The number of esters is 2. The lowest BCUT2D eigenvalue weighted by Crippen LogP contribution is -2.38. The molecular weight excluding hydrogens is 352 g/mol. The second-order valence-electron chi connectivity index (χ2n) is 10.3. The fourth-order valence-corrected chi connectivity index (χ4v) is 4.78. The summed E-state index contributed by atoms with van der Waals surface area (Å²) >= 11 is 0. The van der Waals surface area contributed by atoms with E-state index in [0.717, 1.165) is 30.6 Å². The Bertz CT molecular complexity index is 493. The molecule has 2 saturated carbocycles.